The Morgan fingerprint density at radius 2 is 0.725 bits per heavy atom. The summed E-state index contributed by atoms with van der Waals surface area (Å²) in [5.74, 6) is 0. The van der Waals surface area contributed by atoms with E-state index < -0.39 is 69.8 Å². The van der Waals surface area contributed by atoms with Gasteiger partial charge in [0.25, 0.3) is 0 Å². The summed E-state index contributed by atoms with van der Waals surface area (Å²) < 4.78 is 161. The Morgan fingerprint density at radius 1 is 0.475 bits per heavy atom. The normalized spacial score (nSPS) is 14.1. The van der Waals surface area contributed by atoms with Crippen LogP contribution in [0.3, 0.4) is 0 Å². The molecule has 0 bridgehead atoms. The van der Waals surface area contributed by atoms with Crippen LogP contribution in [-0.2, 0) is 24.7 Å². The van der Waals surface area contributed by atoms with Crippen molar-refractivity contribution in [1.29, 1.82) is 0 Å². The molecule has 40 heavy (non-hydrogen) atoms. The number of alkyl halides is 12. The Kier molecular flexibility index (Phi) is 8.10. The van der Waals surface area contributed by atoms with Crippen LogP contribution in [0.25, 0.3) is 0 Å². The molecule has 15 heteroatoms. The van der Waals surface area contributed by atoms with Crippen LogP contribution < -0.4 is 0 Å². The van der Waals surface area contributed by atoms with E-state index in [1.165, 1.54) is 6.07 Å². The van der Waals surface area contributed by atoms with Gasteiger partial charge < -0.3 is 0 Å². The van der Waals surface area contributed by atoms with Crippen LogP contribution in [0, 0.1) is 0 Å². The van der Waals surface area contributed by atoms with E-state index in [-0.39, 0.29) is 11.4 Å². The fraction of sp³-hybridized carbons (Fsp3) is 0.240. The summed E-state index contributed by atoms with van der Waals surface area (Å²) in [5, 5.41) is 0. The minimum Gasteiger partial charge on any atom is -0.250 e. The lowest BCUT2D eigenvalue weighted by molar-refractivity contribution is -0.143. The number of aromatic nitrogens is 1. The second-order valence-electron chi connectivity index (χ2n) is 8.20. The van der Waals surface area contributed by atoms with Gasteiger partial charge >= 0.3 is 24.7 Å². The Bertz CT molecular complexity index is 1290. The van der Waals surface area contributed by atoms with Crippen LogP contribution >= 0.6 is 0 Å². The molecule has 214 valence electrons. The van der Waals surface area contributed by atoms with Gasteiger partial charge in [-0.15, -0.1) is 0 Å². The third-order valence-corrected chi connectivity index (χ3v) is 5.34. The smallest absolute Gasteiger partial charge is 0.250 e. The third kappa shape index (κ3) is 6.80. The fourth-order valence-electron chi connectivity index (χ4n) is 3.53. The topological polar surface area (TPSA) is 37.6 Å². The second-order valence-corrected chi connectivity index (χ2v) is 8.20. The van der Waals surface area contributed by atoms with Crippen molar-refractivity contribution in [1.82, 2.24) is 4.98 Å². The molecule has 0 saturated heterocycles. The van der Waals surface area contributed by atoms with E-state index in [1.807, 2.05) is 0 Å². The van der Waals surface area contributed by atoms with Gasteiger partial charge in [0.05, 0.1) is 56.4 Å². The standard InChI is InChI=1S/C25H15F12N3/c1-12(38-20-14(22(26,27)28)6-3-7-15(20)23(29,30)31)18-10-5-11-19(40-18)13(2)39-21-16(24(32,33)34)8-4-9-17(21)25(35,36)37/h3-11H,1-2H3/b38-12+,39-13+. The SMILES string of the molecule is C/C(=N\c1c(C(F)(F)F)cccc1C(F)(F)F)c1cccc(/C(C)=N/c2c(C(F)(F)F)cccc2C(F)(F)F)n1. The quantitative estimate of drug-likeness (QED) is 0.222. The number of hydrogen-bond acceptors (Lipinski definition) is 3. The van der Waals surface area contributed by atoms with Crippen molar-refractivity contribution in [3.8, 4) is 0 Å². The molecule has 0 saturated carbocycles. The summed E-state index contributed by atoms with van der Waals surface area (Å²) in [6.07, 6.45) is -20.8. The molecule has 0 spiro atoms. The number of halogens is 12. The van der Waals surface area contributed by atoms with E-state index in [9.17, 15) is 52.7 Å². The Hall–Kier alpha value is -3.91. The van der Waals surface area contributed by atoms with Crippen LogP contribution in [0.2, 0.25) is 0 Å². The first-order chi connectivity index (χ1) is 18.2. The maximum Gasteiger partial charge on any atom is 0.418 e. The summed E-state index contributed by atoms with van der Waals surface area (Å²) in [4.78, 5) is 11.0. The molecule has 3 rings (SSSR count). The Morgan fingerprint density at radius 3 is 0.975 bits per heavy atom. The van der Waals surface area contributed by atoms with Gasteiger partial charge in [0.15, 0.2) is 0 Å². The minimum absolute atomic E-state index is 0.308. The zero-order valence-corrected chi connectivity index (χ0v) is 20.1. The number of para-hydroxylation sites is 2. The van der Waals surface area contributed by atoms with Crippen molar-refractivity contribution in [2.75, 3.05) is 0 Å². The molecule has 2 aromatic carbocycles. The molecule has 0 aliphatic rings. The summed E-state index contributed by atoms with van der Waals surface area (Å²) >= 11 is 0. The number of hydrogen-bond donors (Lipinski definition) is 0. The first-order valence-electron chi connectivity index (χ1n) is 10.8. The zero-order chi connectivity index (χ0) is 30.3. The van der Waals surface area contributed by atoms with E-state index in [2.05, 4.69) is 15.0 Å². The number of benzene rings is 2. The van der Waals surface area contributed by atoms with Crippen molar-refractivity contribution in [2.45, 2.75) is 38.6 Å². The van der Waals surface area contributed by atoms with Gasteiger partial charge in [-0.05, 0) is 50.2 Å². The van der Waals surface area contributed by atoms with Gasteiger partial charge in [0.1, 0.15) is 0 Å². The maximum absolute atomic E-state index is 13.5. The zero-order valence-electron chi connectivity index (χ0n) is 20.1. The summed E-state index contributed by atoms with van der Waals surface area (Å²) in [6.45, 7) is 2.07. The lowest BCUT2D eigenvalue weighted by Gasteiger charge is -2.17. The molecule has 0 aliphatic carbocycles. The van der Waals surface area contributed by atoms with Gasteiger partial charge in [0, 0.05) is 0 Å². The fourth-order valence-corrected chi connectivity index (χ4v) is 3.53. The van der Waals surface area contributed by atoms with E-state index in [4.69, 9.17) is 0 Å². The number of nitrogens with zero attached hydrogens (tertiary/aromatic N) is 3. The van der Waals surface area contributed by atoms with Crippen LogP contribution in [0.1, 0.15) is 47.5 Å². The first-order valence-corrected chi connectivity index (χ1v) is 10.8. The van der Waals surface area contributed by atoms with Crippen molar-refractivity contribution in [3.05, 3.63) is 88.2 Å². The molecule has 1 aromatic heterocycles. The van der Waals surface area contributed by atoms with Crippen molar-refractivity contribution in [2.24, 2.45) is 9.98 Å². The molecular weight excluding hydrogens is 570 g/mol. The van der Waals surface area contributed by atoms with Gasteiger partial charge in [-0.2, -0.15) is 52.7 Å². The summed E-state index contributed by atoms with van der Waals surface area (Å²) in [6, 6.07) is 6.16. The summed E-state index contributed by atoms with van der Waals surface area (Å²) in [5.41, 5.74) is -11.1. The molecular formula is C25H15F12N3. The molecule has 1 heterocycles. The second kappa shape index (κ2) is 10.6. The predicted molar refractivity (Wildman–Crippen MR) is 121 cm³/mol. The number of pyridine rings is 1. The minimum atomic E-state index is -5.21. The van der Waals surface area contributed by atoms with Crippen molar-refractivity contribution in [3.63, 3.8) is 0 Å². The highest BCUT2D eigenvalue weighted by Crippen LogP contribution is 2.45. The molecule has 0 fully saturated rings. The van der Waals surface area contributed by atoms with Crippen LogP contribution in [0.15, 0.2) is 64.6 Å². The average Bonchev–Trinajstić information content (AvgIpc) is 2.81. The number of rotatable bonds is 4. The van der Waals surface area contributed by atoms with E-state index in [1.54, 1.807) is 0 Å². The highest BCUT2D eigenvalue weighted by Gasteiger charge is 2.42. The Labute approximate surface area is 217 Å². The monoisotopic (exact) mass is 585 g/mol. The largest absolute Gasteiger partial charge is 0.418 e. The first kappa shape index (κ1) is 30.6. The highest BCUT2D eigenvalue weighted by molar-refractivity contribution is 6.02. The van der Waals surface area contributed by atoms with Crippen molar-refractivity contribution < 1.29 is 52.7 Å². The lowest BCUT2D eigenvalue weighted by atomic mass is 10.1. The molecule has 3 aromatic rings. The van der Waals surface area contributed by atoms with Gasteiger partial charge in [-0.25, -0.2) is 4.98 Å². The predicted octanol–water partition coefficient (Wildman–Crippen LogP) is 9.44. The average molecular weight is 585 g/mol. The van der Waals surface area contributed by atoms with E-state index in [0.717, 1.165) is 26.0 Å². The van der Waals surface area contributed by atoms with Crippen molar-refractivity contribution >= 4 is 22.8 Å². The molecule has 0 radical (unpaired) electrons. The highest BCUT2D eigenvalue weighted by atomic mass is 19.4. The summed E-state index contributed by atoms with van der Waals surface area (Å²) in [7, 11) is 0. The molecule has 0 amide bonds. The lowest BCUT2D eigenvalue weighted by Crippen LogP contribution is -2.13. The Balaban J connectivity index is 2.17. The van der Waals surface area contributed by atoms with Crippen LogP contribution in [0.5, 0.6) is 0 Å². The van der Waals surface area contributed by atoms with Gasteiger partial charge in [-0.1, -0.05) is 18.2 Å². The van der Waals surface area contributed by atoms with Gasteiger partial charge in [0.2, 0.25) is 0 Å². The molecule has 0 aliphatic heterocycles. The number of aliphatic imine (C=N–C) groups is 2. The third-order valence-electron chi connectivity index (χ3n) is 5.34. The molecule has 0 unspecified atom stereocenters. The molecule has 0 N–H and O–H groups in total. The van der Waals surface area contributed by atoms with Gasteiger partial charge in [-0.3, -0.25) is 9.98 Å². The van der Waals surface area contributed by atoms with Crippen LogP contribution in [0.4, 0.5) is 64.1 Å². The molecule has 3 nitrogen and oxygen atoms in total. The van der Waals surface area contributed by atoms with Crippen LogP contribution in [-0.4, -0.2) is 16.4 Å². The maximum atomic E-state index is 13.5. The van der Waals surface area contributed by atoms with E-state index >= 15 is 0 Å². The molecule has 0 atom stereocenters. The van der Waals surface area contributed by atoms with E-state index in [0.29, 0.717) is 36.4 Å².